The van der Waals surface area contributed by atoms with Crippen LogP contribution in [0.25, 0.3) is 11.1 Å². The summed E-state index contributed by atoms with van der Waals surface area (Å²) in [6.45, 7) is 9.03. The van der Waals surface area contributed by atoms with E-state index in [-0.39, 0.29) is 12.3 Å². The average molecular weight is 342 g/mol. The van der Waals surface area contributed by atoms with Crippen LogP contribution in [0.4, 0.5) is 5.69 Å². The number of H-pyrrole nitrogens is 1. The van der Waals surface area contributed by atoms with Gasteiger partial charge in [-0.15, -0.1) is 0 Å². The van der Waals surface area contributed by atoms with Crippen LogP contribution in [0.3, 0.4) is 0 Å². The van der Waals surface area contributed by atoms with Crippen LogP contribution < -0.4 is 11.1 Å². The lowest BCUT2D eigenvalue weighted by molar-refractivity contribution is -0.115. The van der Waals surface area contributed by atoms with Crippen LogP contribution in [-0.2, 0) is 17.8 Å². The van der Waals surface area contributed by atoms with Crippen molar-refractivity contribution in [2.45, 2.75) is 40.7 Å². The van der Waals surface area contributed by atoms with E-state index >= 15 is 0 Å². The Balaban J connectivity index is 1.75. The van der Waals surface area contributed by atoms with Crippen molar-refractivity contribution in [3.05, 3.63) is 45.7 Å². The fraction of sp³-hybridized carbons (Fsp3) is 0.389. The number of nitrogens with one attached hydrogen (secondary N) is 2. The Bertz CT molecular complexity index is 978. The maximum absolute atomic E-state index is 12.4. The predicted octanol–water partition coefficient (Wildman–Crippen LogP) is 2.77. The van der Waals surface area contributed by atoms with Crippen LogP contribution in [0.1, 0.15) is 30.8 Å². The number of benzene rings is 1. The summed E-state index contributed by atoms with van der Waals surface area (Å²) in [5.74, 6) is -0.147. The highest BCUT2D eigenvalue weighted by Crippen LogP contribution is 2.18. The molecule has 0 unspecified atom stereocenters. The molecule has 0 atom stereocenters. The van der Waals surface area contributed by atoms with Crippen molar-refractivity contribution in [2.24, 2.45) is 5.92 Å². The zero-order valence-electron chi connectivity index (χ0n) is 14.8. The maximum Gasteiger partial charge on any atom is 0.417 e. The van der Waals surface area contributed by atoms with E-state index in [1.54, 1.807) is 18.2 Å². The molecule has 0 saturated heterocycles. The molecule has 0 spiro atoms. The van der Waals surface area contributed by atoms with Crippen molar-refractivity contribution in [3.63, 3.8) is 0 Å². The minimum absolute atomic E-state index is 0.125. The number of anilines is 1. The van der Waals surface area contributed by atoms with Crippen LogP contribution in [0, 0.1) is 19.8 Å². The first-order chi connectivity index (χ1) is 11.8. The van der Waals surface area contributed by atoms with Crippen LogP contribution in [0.5, 0.6) is 0 Å². The number of aromatic nitrogens is 3. The molecule has 0 aliphatic rings. The van der Waals surface area contributed by atoms with Gasteiger partial charge in [0.25, 0.3) is 0 Å². The number of hydrogen-bond acceptors (Lipinski definition) is 4. The number of rotatable bonds is 5. The molecule has 132 valence electrons. The summed E-state index contributed by atoms with van der Waals surface area (Å²) in [5, 5.41) is 7.40. The highest BCUT2D eigenvalue weighted by Gasteiger charge is 2.16. The molecule has 3 aromatic rings. The van der Waals surface area contributed by atoms with Crippen LogP contribution in [-0.4, -0.2) is 20.7 Å². The third-order valence-electron chi connectivity index (χ3n) is 4.11. The normalized spacial score (nSPS) is 11.4. The van der Waals surface area contributed by atoms with E-state index in [9.17, 15) is 9.59 Å². The summed E-state index contributed by atoms with van der Waals surface area (Å²) >= 11 is 0. The standard InChI is InChI=1S/C18H22N4O3/c1-10(2)9-22-12(4)14(11(3)21-22)8-17(23)19-13-5-6-16-15(7-13)20-18(24)25-16/h5-7,10H,8-9H2,1-4H3,(H,19,23)(H,20,24). The van der Waals surface area contributed by atoms with E-state index in [2.05, 4.69) is 29.2 Å². The third-order valence-corrected chi connectivity index (χ3v) is 4.11. The quantitative estimate of drug-likeness (QED) is 0.745. The molecule has 7 nitrogen and oxygen atoms in total. The summed E-state index contributed by atoms with van der Waals surface area (Å²) in [5.41, 5.74) is 4.49. The van der Waals surface area contributed by atoms with Crippen molar-refractivity contribution in [1.29, 1.82) is 0 Å². The second-order valence-corrected chi connectivity index (χ2v) is 6.68. The summed E-state index contributed by atoms with van der Waals surface area (Å²) < 4.78 is 6.92. The Labute approximate surface area is 145 Å². The Hall–Kier alpha value is -2.83. The molecule has 2 aromatic heterocycles. The molecule has 0 bridgehead atoms. The van der Waals surface area contributed by atoms with E-state index in [1.165, 1.54) is 0 Å². The van der Waals surface area contributed by atoms with Crippen molar-refractivity contribution in [3.8, 4) is 0 Å². The zero-order chi connectivity index (χ0) is 18.1. The Morgan fingerprint density at radius 2 is 2.12 bits per heavy atom. The van der Waals surface area contributed by atoms with Gasteiger partial charge in [-0.05, 0) is 38.0 Å². The molecule has 2 N–H and O–H groups in total. The number of carbonyl (C=O) groups is 1. The molecular formula is C18H22N4O3. The smallest absolute Gasteiger partial charge is 0.408 e. The number of hydrogen-bond donors (Lipinski definition) is 2. The lowest BCUT2D eigenvalue weighted by Crippen LogP contribution is -2.15. The van der Waals surface area contributed by atoms with Gasteiger partial charge in [0, 0.05) is 23.5 Å². The van der Waals surface area contributed by atoms with Gasteiger partial charge in [0.1, 0.15) is 0 Å². The summed E-state index contributed by atoms with van der Waals surface area (Å²) in [6, 6.07) is 5.04. The van der Waals surface area contributed by atoms with Crippen molar-refractivity contribution >= 4 is 22.7 Å². The van der Waals surface area contributed by atoms with Crippen molar-refractivity contribution < 1.29 is 9.21 Å². The van der Waals surface area contributed by atoms with Gasteiger partial charge < -0.3 is 9.73 Å². The Morgan fingerprint density at radius 3 is 2.84 bits per heavy atom. The fourth-order valence-corrected chi connectivity index (χ4v) is 2.91. The second kappa shape index (κ2) is 6.58. The monoisotopic (exact) mass is 342 g/mol. The fourth-order valence-electron chi connectivity index (χ4n) is 2.91. The minimum Gasteiger partial charge on any atom is -0.408 e. The van der Waals surface area contributed by atoms with Crippen molar-refractivity contribution in [1.82, 2.24) is 14.8 Å². The van der Waals surface area contributed by atoms with Gasteiger partial charge in [-0.25, -0.2) is 4.79 Å². The molecule has 25 heavy (non-hydrogen) atoms. The molecule has 0 aliphatic heterocycles. The number of aryl methyl sites for hydroxylation is 1. The highest BCUT2D eigenvalue weighted by molar-refractivity contribution is 5.94. The first kappa shape index (κ1) is 17.0. The number of nitrogens with zero attached hydrogens (tertiary/aromatic N) is 2. The van der Waals surface area contributed by atoms with Gasteiger partial charge in [-0.3, -0.25) is 14.5 Å². The number of amides is 1. The first-order valence-corrected chi connectivity index (χ1v) is 8.29. The lowest BCUT2D eigenvalue weighted by atomic mass is 10.1. The molecule has 0 saturated carbocycles. The van der Waals surface area contributed by atoms with Gasteiger partial charge in [0.15, 0.2) is 5.58 Å². The zero-order valence-corrected chi connectivity index (χ0v) is 14.8. The highest BCUT2D eigenvalue weighted by atomic mass is 16.4. The Morgan fingerprint density at radius 1 is 1.36 bits per heavy atom. The van der Waals surface area contributed by atoms with Gasteiger partial charge in [-0.1, -0.05) is 13.8 Å². The lowest BCUT2D eigenvalue weighted by Gasteiger charge is -2.08. The summed E-state index contributed by atoms with van der Waals surface area (Å²) in [7, 11) is 0. The number of oxazole rings is 1. The van der Waals surface area contributed by atoms with Crippen LogP contribution in [0.15, 0.2) is 27.4 Å². The molecule has 1 aromatic carbocycles. The summed E-state index contributed by atoms with van der Waals surface area (Å²) in [6.07, 6.45) is 0.260. The van der Waals surface area contributed by atoms with E-state index < -0.39 is 5.76 Å². The molecule has 3 rings (SSSR count). The molecule has 7 heteroatoms. The maximum atomic E-state index is 12.4. The molecular weight excluding hydrogens is 320 g/mol. The molecule has 0 radical (unpaired) electrons. The molecule has 1 amide bonds. The predicted molar refractivity (Wildman–Crippen MR) is 95.7 cm³/mol. The minimum atomic E-state index is -0.512. The van der Waals surface area contributed by atoms with Crippen LogP contribution in [0.2, 0.25) is 0 Å². The van der Waals surface area contributed by atoms with E-state index in [1.807, 2.05) is 18.5 Å². The largest absolute Gasteiger partial charge is 0.417 e. The number of fused-ring (bicyclic) bond motifs is 1. The number of carbonyl (C=O) groups excluding carboxylic acids is 1. The van der Waals surface area contributed by atoms with Gasteiger partial charge >= 0.3 is 5.76 Å². The van der Waals surface area contributed by atoms with Gasteiger partial charge in [0.05, 0.1) is 17.6 Å². The van der Waals surface area contributed by atoms with E-state index in [0.29, 0.717) is 22.7 Å². The molecule has 0 fully saturated rings. The topological polar surface area (TPSA) is 92.9 Å². The van der Waals surface area contributed by atoms with Gasteiger partial charge in [-0.2, -0.15) is 5.10 Å². The average Bonchev–Trinajstić information content (AvgIpc) is 3.00. The van der Waals surface area contributed by atoms with Gasteiger partial charge in [0.2, 0.25) is 5.91 Å². The molecule has 0 aliphatic carbocycles. The third kappa shape index (κ3) is 3.65. The van der Waals surface area contributed by atoms with E-state index in [4.69, 9.17) is 4.42 Å². The van der Waals surface area contributed by atoms with E-state index in [0.717, 1.165) is 23.5 Å². The molecule has 2 heterocycles. The Kier molecular flexibility index (Phi) is 4.48. The number of aromatic amines is 1. The summed E-state index contributed by atoms with van der Waals surface area (Å²) in [4.78, 5) is 26.2. The SMILES string of the molecule is Cc1nn(CC(C)C)c(C)c1CC(=O)Nc1ccc2oc(=O)[nH]c2c1. The first-order valence-electron chi connectivity index (χ1n) is 8.29. The van der Waals surface area contributed by atoms with Crippen LogP contribution >= 0.6 is 0 Å². The van der Waals surface area contributed by atoms with Crippen molar-refractivity contribution in [2.75, 3.05) is 5.32 Å². The second-order valence-electron chi connectivity index (χ2n) is 6.68.